The maximum Gasteiger partial charge on any atom is 0.417 e. The van der Waals surface area contributed by atoms with Gasteiger partial charge in [0.1, 0.15) is 17.8 Å². The number of aromatic nitrogens is 2. The molecule has 8 nitrogen and oxygen atoms in total. The van der Waals surface area contributed by atoms with Crippen molar-refractivity contribution in [3.05, 3.63) is 99.8 Å². The summed E-state index contributed by atoms with van der Waals surface area (Å²) in [6.07, 6.45) is -3.65. The van der Waals surface area contributed by atoms with E-state index in [1.54, 1.807) is 36.4 Å². The average molecular weight is 502 g/mol. The molecule has 2 N–H and O–H groups in total. The summed E-state index contributed by atoms with van der Waals surface area (Å²) < 4.78 is 45.2. The van der Waals surface area contributed by atoms with Crippen molar-refractivity contribution in [2.24, 2.45) is 0 Å². The molecule has 0 saturated carbocycles. The fraction of sp³-hybridized carbons (Fsp3) is 0.0435. The topological polar surface area (TPSA) is 102 Å². The molecule has 4 rings (SSSR count). The first kappa shape index (κ1) is 23.8. The van der Waals surface area contributed by atoms with Gasteiger partial charge < -0.3 is 15.4 Å². The van der Waals surface area contributed by atoms with E-state index in [0.717, 1.165) is 18.5 Å². The Hall–Kier alpha value is -4.38. The molecule has 0 amide bonds. The Bertz CT molecular complexity index is 1350. The van der Waals surface area contributed by atoms with E-state index in [4.69, 9.17) is 16.3 Å². The van der Waals surface area contributed by atoms with E-state index in [1.807, 2.05) is 18.2 Å². The molecule has 12 heteroatoms. The summed E-state index contributed by atoms with van der Waals surface area (Å²) in [6.45, 7) is 0. The molecule has 0 aliphatic heterocycles. The number of nitrogens with one attached hydrogen (secondary N) is 2. The summed E-state index contributed by atoms with van der Waals surface area (Å²) in [4.78, 5) is 18.8. The van der Waals surface area contributed by atoms with E-state index >= 15 is 0 Å². The zero-order valence-corrected chi connectivity index (χ0v) is 18.3. The standard InChI is InChI=1S/C23H15ClF3N5O3/c24-19-11-8-15(12-18(19)23(25,26)27)31-22-20(32(33)34)21(28-13-29-22)30-14-6-9-17(10-7-14)35-16-4-2-1-3-5-16/h1-13H,(H2,28,29,30,31). The Balaban J connectivity index is 1.58. The molecular formula is C23H15ClF3N5O3. The van der Waals surface area contributed by atoms with Gasteiger partial charge in [-0.1, -0.05) is 29.8 Å². The Morgan fingerprint density at radius 3 is 2.03 bits per heavy atom. The summed E-state index contributed by atoms with van der Waals surface area (Å²) in [5.41, 5.74) is -1.27. The van der Waals surface area contributed by atoms with Gasteiger partial charge in [0.25, 0.3) is 0 Å². The van der Waals surface area contributed by atoms with Crippen molar-refractivity contribution in [1.29, 1.82) is 0 Å². The monoisotopic (exact) mass is 501 g/mol. The van der Waals surface area contributed by atoms with Crippen LogP contribution in [0.4, 0.5) is 41.9 Å². The van der Waals surface area contributed by atoms with Crippen molar-refractivity contribution in [2.75, 3.05) is 10.6 Å². The van der Waals surface area contributed by atoms with Gasteiger partial charge in [-0.05, 0) is 54.6 Å². The molecule has 0 aliphatic carbocycles. The first-order valence-electron chi connectivity index (χ1n) is 9.94. The van der Waals surface area contributed by atoms with Crippen LogP contribution in [0.25, 0.3) is 0 Å². The lowest BCUT2D eigenvalue weighted by molar-refractivity contribution is -0.383. The third kappa shape index (κ3) is 5.76. The minimum Gasteiger partial charge on any atom is -0.457 e. The molecule has 0 unspecified atom stereocenters. The normalized spacial score (nSPS) is 11.1. The Kier molecular flexibility index (Phi) is 6.69. The highest BCUT2D eigenvalue weighted by molar-refractivity contribution is 6.31. The minimum atomic E-state index is -4.70. The molecule has 178 valence electrons. The SMILES string of the molecule is O=[N+]([O-])c1c(Nc2ccc(Oc3ccccc3)cc2)ncnc1Nc1ccc(Cl)c(C(F)(F)F)c1. The molecule has 1 aromatic heterocycles. The molecule has 3 aromatic carbocycles. The van der Waals surface area contributed by atoms with Crippen molar-refractivity contribution in [2.45, 2.75) is 6.18 Å². The van der Waals surface area contributed by atoms with Crippen molar-refractivity contribution >= 4 is 40.3 Å². The third-order valence-electron chi connectivity index (χ3n) is 4.64. The van der Waals surface area contributed by atoms with Crippen LogP contribution in [-0.4, -0.2) is 14.9 Å². The lowest BCUT2D eigenvalue weighted by atomic mass is 10.2. The molecule has 0 saturated heterocycles. The average Bonchev–Trinajstić information content (AvgIpc) is 2.81. The van der Waals surface area contributed by atoms with Crippen LogP contribution in [0, 0.1) is 10.1 Å². The maximum absolute atomic E-state index is 13.2. The molecular weight excluding hydrogens is 487 g/mol. The molecule has 1 heterocycles. The van der Waals surface area contributed by atoms with Gasteiger partial charge >= 0.3 is 11.9 Å². The van der Waals surface area contributed by atoms with Gasteiger partial charge in [0.2, 0.25) is 11.6 Å². The highest BCUT2D eigenvalue weighted by atomic mass is 35.5. The van der Waals surface area contributed by atoms with E-state index in [-0.39, 0.29) is 17.3 Å². The van der Waals surface area contributed by atoms with Gasteiger partial charge in [0.05, 0.1) is 15.5 Å². The number of benzene rings is 3. The van der Waals surface area contributed by atoms with Gasteiger partial charge in [0.15, 0.2) is 0 Å². The number of nitro groups is 1. The predicted octanol–water partition coefficient (Wildman–Crippen LogP) is 7.34. The second-order valence-corrected chi connectivity index (χ2v) is 7.47. The minimum absolute atomic E-state index is 0.0862. The van der Waals surface area contributed by atoms with Crippen molar-refractivity contribution in [1.82, 2.24) is 9.97 Å². The fourth-order valence-corrected chi connectivity index (χ4v) is 3.28. The third-order valence-corrected chi connectivity index (χ3v) is 4.96. The van der Waals surface area contributed by atoms with Gasteiger partial charge in [-0.15, -0.1) is 0 Å². The molecule has 0 bridgehead atoms. The van der Waals surface area contributed by atoms with Crippen LogP contribution in [0.3, 0.4) is 0 Å². The Morgan fingerprint density at radius 2 is 1.43 bits per heavy atom. The summed E-state index contributed by atoms with van der Waals surface area (Å²) in [6, 6.07) is 18.7. The van der Waals surface area contributed by atoms with E-state index in [0.29, 0.717) is 17.2 Å². The maximum atomic E-state index is 13.2. The molecule has 0 fully saturated rings. The van der Waals surface area contributed by atoms with Gasteiger partial charge in [-0.2, -0.15) is 13.2 Å². The Labute approximate surface area is 201 Å². The van der Waals surface area contributed by atoms with Crippen molar-refractivity contribution in [3.8, 4) is 11.5 Å². The largest absolute Gasteiger partial charge is 0.457 e. The fourth-order valence-electron chi connectivity index (χ4n) is 3.06. The number of para-hydroxylation sites is 1. The number of anilines is 4. The first-order valence-corrected chi connectivity index (χ1v) is 10.3. The summed E-state index contributed by atoms with van der Waals surface area (Å²) in [5.74, 6) is 0.733. The van der Waals surface area contributed by atoms with E-state index < -0.39 is 27.4 Å². The van der Waals surface area contributed by atoms with Crippen LogP contribution in [0.15, 0.2) is 79.1 Å². The quantitative estimate of drug-likeness (QED) is 0.202. The van der Waals surface area contributed by atoms with E-state index in [9.17, 15) is 23.3 Å². The van der Waals surface area contributed by atoms with Gasteiger partial charge in [-0.3, -0.25) is 10.1 Å². The highest BCUT2D eigenvalue weighted by Crippen LogP contribution is 2.38. The first-order chi connectivity index (χ1) is 16.7. The zero-order valence-electron chi connectivity index (χ0n) is 17.6. The molecule has 0 aliphatic rings. The smallest absolute Gasteiger partial charge is 0.417 e. The molecule has 0 radical (unpaired) electrons. The number of alkyl halides is 3. The predicted molar refractivity (Wildman–Crippen MR) is 125 cm³/mol. The van der Waals surface area contributed by atoms with Crippen molar-refractivity contribution in [3.63, 3.8) is 0 Å². The second-order valence-electron chi connectivity index (χ2n) is 7.06. The van der Waals surface area contributed by atoms with E-state index in [1.165, 1.54) is 6.07 Å². The number of halogens is 4. The molecule has 0 spiro atoms. The number of hydrogen-bond acceptors (Lipinski definition) is 7. The van der Waals surface area contributed by atoms with Crippen LogP contribution >= 0.6 is 11.6 Å². The lowest BCUT2D eigenvalue weighted by Crippen LogP contribution is -2.08. The second kappa shape index (κ2) is 9.85. The summed E-state index contributed by atoms with van der Waals surface area (Å²) in [5, 5.41) is 16.7. The summed E-state index contributed by atoms with van der Waals surface area (Å²) >= 11 is 5.64. The number of rotatable bonds is 7. The summed E-state index contributed by atoms with van der Waals surface area (Å²) in [7, 11) is 0. The molecule has 4 aromatic rings. The van der Waals surface area contributed by atoms with Crippen LogP contribution < -0.4 is 15.4 Å². The Morgan fingerprint density at radius 1 is 0.857 bits per heavy atom. The molecule has 0 atom stereocenters. The van der Waals surface area contributed by atoms with Crippen LogP contribution in [0.5, 0.6) is 11.5 Å². The molecule has 35 heavy (non-hydrogen) atoms. The highest BCUT2D eigenvalue weighted by Gasteiger charge is 2.33. The van der Waals surface area contributed by atoms with Gasteiger partial charge in [-0.25, -0.2) is 9.97 Å². The van der Waals surface area contributed by atoms with Crippen LogP contribution in [0.1, 0.15) is 5.56 Å². The number of nitrogens with zero attached hydrogens (tertiary/aromatic N) is 3. The van der Waals surface area contributed by atoms with Crippen LogP contribution in [-0.2, 0) is 6.18 Å². The lowest BCUT2D eigenvalue weighted by Gasteiger charge is -2.13. The number of ether oxygens (including phenoxy) is 1. The zero-order chi connectivity index (χ0) is 25.0. The van der Waals surface area contributed by atoms with Crippen molar-refractivity contribution < 1.29 is 22.8 Å². The van der Waals surface area contributed by atoms with Gasteiger partial charge in [0, 0.05) is 11.4 Å². The number of hydrogen-bond donors (Lipinski definition) is 2. The van der Waals surface area contributed by atoms with Crippen LogP contribution in [0.2, 0.25) is 5.02 Å². The van der Waals surface area contributed by atoms with E-state index in [2.05, 4.69) is 20.6 Å².